The number of hydrogen-bond donors (Lipinski definition) is 2. The number of aromatic nitrogens is 4. The number of pyridine rings is 2. The van der Waals surface area contributed by atoms with E-state index in [-0.39, 0.29) is 129 Å². The molecule has 72 heavy (non-hydrogen) atoms. The second kappa shape index (κ2) is 19.4. The van der Waals surface area contributed by atoms with Crippen molar-refractivity contribution in [2.75, 3.05) is 20.5 Å². The van der Waals surface area contributed by atoms with Gasteiger partial charge in [0.05, 0.1) is 55.4 Å². The van der Waals surface area contributed by atoms with Crippen LogP contribution in [0, 0.1) is 11.6 Å². The molecule has 6 heterocycles. The number of nitrogens with one attached hydrogen (secondary N) is 1. The summed E-state index contributed by atoms with van der Waals surface area (Å²) in [5.41, 5.74) is 0.654. The van der Waals surface area contributed by atoms with E-state index in [0.717, 1.165) is 6.26 Å². The van der Waals surface area contributed by atoms with Crippen molar-refractivity contribution < 1.29 is 77.9 Å². The maximum atomic E-state index is 14.7. The maximum Gasteiger partial charge on any atom is 0.586 e. The molecule has 10 rings (SSSR count). The highest BCUT2D eigenvalue weighted by atomic mass is 32.2. The SMILES string of the molecule is C.C.COc1ncccc1-c1c(C(=O)NS(C)(=O)=O)n(Cc2ccccc2F)c2ccc3c(c12)OC(F)(F)O3.COc1ncccc1-c1c(C(=O)O)n(Cc2ccccc2F)c2ccc3c(c12)OC(F)(F)O3. The summed E-state index contributed by atoms with van der Waals surface area (Å²) in [6.45, 7) is -0.433. The highest BCUT2D eigenvalue weighted by Gasteiger charge is 2.47. The molecule has 4 aromatic heterocycles. The summed E-state index contributed by atoms with van der Waals surface area (Å²) in [5, 5.41) is 10.2. The minimum Gasteiger partial charge on any atom is -0.481 e. The van der Waals surface area contributed by atoms with Gasteiger partial charge in [-0.15, -0.1) is 17.6 Å². The monoisotopic (exact) mass is 1020 g/mol. The fourth-order valence-electron chi connectivity index (χ4n) is 8.30. The standard InChI is InChI=1S/C24H18F3N3O6S.C23H15F3N2O5.2CH4/c1-34-23-14(7-5-11-28-23)18-19-16(9-10-17-21(19)36-24(26,27)35-17)30(12-13-6-3-4-8-15(13)25)20(18)22(31)29-37(2,32)33;1-31-21-13(6-4-10-27-21)17-18-15(8-9-16-20(18)33-23(25,26)32-16)28(19(17)22(29)30)11-12-5-2-3-7-14(12)24;;/h3-11H,12H2,1-2H3,(H,29,31);2-10H,11H2,1H3,(H,29,30);2*1H4. The van der Waals surface area contributed by atoms with Crippen molar-refractivity contribution in [2.24, 2.45) is 0 Å². The molecule has 0 spiro atoms. The second-order valence-electron chi connectivity index (χ2n) is 15.3. The van der Waals surface area contributed by atoms with Crippen LogP contribution in [0.4, 0.5) is 26.3 Å². The molecule has 2 aliphatic heterocycles. The Labute approximate surface area is 405 Å². The first-order chi connectivity index (χ1) is 33.3. The molecule has 8 aromatic rings. The van der Waals surface area contributed by atoms with Gasteiger partial charge in [-0.3, -0.25) is 4.79 Å². The summed E-state index contributed by atoms with van der Waals surface area (Å²) in [6.07, 6.45) is -4.28. The average molecular weight is 1020 g/mol. The van der Waals surface area contributed by atoms with Gasteiger partial charge in [0, 0.05) is 45.8 Å². The molecule has 0 saturated heterocycles. The number of carbonyl (C=O) groups is 2. The fraction of sp³-hybridized carbons (Fsp3) is 0.184. The number of sulfonamides is 1. The molecule has 0 fully saturated rings. The number of rotatable bonds is 11. The Balaban J connectivity index is 0.000000207. The number of hydrogen-bond acceptors (Lipinski definition) is 12. The zero-order valence-electron chi connectivity index (χ0n) is 36.3. The normalized spacial score (nSPS) is 13.6. The van der Waals surface area contributed by atoms with Crippen LogP contribution in [0.25, 0.3) is 44.1 Å². The van der Waals surface area contributed by atoms with Crippen LogP contribution in [-0.4, -0.2) is 77.6 Å². The molecular formula is C49H41F6N5O11S. The Morgan fingerprint density at radius 1 is 0.639 bits per heavy atom. The van der Waals surface area contributed by atoms with Crippen molar-refractivity contribution in [1.29, 1.82) is 0 Å². The number of carboxylic acids is 1. The summed E-state index contributed by atoms with van der Waals surface area (Å²) in [7, 11) is -1.39. The molecule has 23 heteroatoms. The zero-order valence-corrected chi connectivity index (χ0v) is 37.1. The van der Waals surface area contributed by atoms with Crippen molar-refractivity contribution >= 4 is 43.7 Å². The Kier molecular flexibility index (Phi) is 13.8. The first kappa shape index (κ1) is 51.4. The molecule has 2 N–H and O–H groups in total. The fourth-order valence-corrected chi connectivity index (χ4v) is 8.73. The van der Waals surface area contributed by atoms with Gasteiger partial charge >= 0.3 is 18.6 Å². The third-order valence-corrected chi connectivity index (χ3v) is 11.5. The molecule has 0 atom stereocenters. The van der Waals surface area contributed by atoms with E-state index < -0.39 is 46.1 Å². The number of methoxy groups -OCH3 is 2. The van der Waals surface area contributed by atoms with Gasteiger partial charge in [0.15, 0.2) is 23.0 Å². The van der Waals surface area contributed by atoms with Gasteiger partial charge in [-0.25, -0.2) is 36.7 Å². The number of carbonyl (C=O) groups excluding carboxylic acids is 1. The average Bonchev–Trinajstić information content (AvgIpc) is 4.02. The molecular weight excluding hydrogens is 981 g/mol. The van der Waals surface area contributed by atoms with Gasteiger partial charge in [0.2, 0.25) is 21.8 Å². The lowest BCUT2D eigenvalue weighted by atomic mass is 10.0. The predicted molar refractivity (Wildman–Crippen MR) is 250 cm³/mol. The van der Waals surface area contributed by atoms with E-state index in [9.17, 15) is 49.5 Å². The number of amides is 1. The highest BCUT2D eigenvalue weighted by molar-refractivity contribution is 7.89. The van der Waals surface area contributed by atoms with Gasteiger partial charge < -0.3 is 42.7 Å². The van der Waals surface area contributed by atoms with E-state index in [4.69, 9.17) is 18.9 Å². The van der Waals surface area contributed by atoms with Crippen LogP contribution in [0.2, 0.25) is 0 Å². The van der Waals surface area contributed by atoms with Gasteiger partial charge in [0.1, 0.15) is 23.0 Å². The summed E-state index contributed by atoms with van der Waals surface area (Å²) < 4.78 is 143. The Hall–Kier alpha value is -8.47. The summed E-state index contributed by atoms with van der Waals surface area (Å²) in [6, 6.07) is 23.1. The van der Waals surface area contributed by atoms with Gasteiger partial charge in [0.25, 0.3) is 5.91 Å². The number of halogens is 6. The van der Waals surface area contributed by atoms with E-state index in [1.807, 2.05) is 4.72 Å². The topological polar surface area (TPSA) is 192 Å². The van der Waals surface area contributed by atoms with Crippen LogP contribution in [0.5, 0.6) is 34.8 Å². The van der Waals surface area contributed by atoms with Gasteiger partial charge in [-0.1, -0.05) is 51.3 Å². The summed E-state index contributed by atoms with van der Waals surface area (Å²) >= 11 is 0. The Morgan fingerprint density at radius 3 is 1.46 bits per heavy atom. The summed E-state index contributed by atoms with van der Waals surface area (Å²) in [4.78, 5) is 34.2. The van der Waals surface area contributed by atoms with E-state index in [2.05, 4.69) is 19.4 Å². The smallest absolute Gasteiger partial charge is 0.481 e. The molecule has 376 valence electrons. The van der Waals surface area contributed by atoms with Crippen LogP contribution < -0.4 is 33.1 Å². The van der Waals surface area contributed by atoms with Crippen LogP contribution in [0.1, 0.15) is 47.0 Å². The van der Waals surface area contributed by atoms with E-state index in [1.165, 1.54) is 109 Å². The minimum atomic E-state index is -4.06. The predicted octanol–water partition coefficient (Wildman–Crippen LogP) is 10.1. The number of nitrogens with zero attached hydrogens (tertiary/aromatic N) is 4. The third kappa shape index (κ3) is 9.44. The quantitative estimate of drug-likeness (QED) is 0.116. The van der Waals surface area contributed by atoms with Gasteiger partial charge in [-0.05, 0) is 60.7 Å². The van der Waals surface area contributed by atoms with Crippen molar-refractivity contribution in [2.45, 2.75) is 40.5 Å². The number of alkyl halides is 4. The molecule has 0 saturated carbocycles. The maximum absolute atomic E-state index is 14.7. The van der Waals surface area contributed by atoms with Crippen LogP contribution >= 0.6 is 0 Å². The van der Waals surface area contributed by atoms with Crippen LogP contribution in [0.3, 0.4) is 0 Å². The molecule has 0 radical (unpaired) electrons. The van der Waals surface area contributed by atoms with Crippen molar-refractivity contribution in [3.8, 4) is 57.0 Å². The van der Waals surface area contributed by atoms with Crippen molar-refractivity contribution in [3.63, 3.8) is 0 Å². The molecule has 0 aliphatic carbocycles. The van der Waals surface area contributed by atoms with Crippen LogP contribution in [0.15, 0.2) is 109 Å². The van der Waals surface area contributed by atoms with Crippen LogP contribution in [-0.2, 0) is 23.1 Å². The largest absolute Gasteiger partial charge is 0.586 e. The molecule has 1 amide bonds. The first-order valence-corrected chi connectivity index (χ1v) is 22.3. The molecule has 0 unspecified atom stereocenters. The lowest BCUT2D eigenvalue weighted by Crippen LogP contribution is -2.31. The molecule has 0 bridgehead atoms. The van der Waals surface area contributed by atoms with E-state index in [0.29, 0.717) is 0 Å². The van der Waals surface area contributed by atoms with E-state index in [1.54, 1.807) is 24.3 Å². The number of aromatic carboxylic acids is 1. The lowest BCUT2D eigenvalue weighted by molar-refractivity contribution is -0.287. The number of benzene rings is 4. The Morgan fingerprint density at radius 2 is 1.06 bits per heavy atom. The lowest BCUT2D eigenvalue weighted by Gasteiger charge is -2.14. The van der Waals surface area contributed by atoms with Crippen molar-refractivity contribution in [1.82, 2.24) is 23.8 Å². The van der Waals surface area contributed by atoms with E-state index >= 15 is 0 Å². The zero-order chi connectivity index (χ0) is 49.9. The van der Waals surface area contributed by atoms with Gasteiger partial charge in [-0.2, -0.15) is 0 Å². The minimum absolute atomic E-state index is 0. The Bertz CT molecular complexity index is 3550. The number of fused-ring (bicyclic) bond motifs is 6. The second-order valence-corrected chi connectivity index (χ2v) is 17.1. The molecule has 16 nitrogen and oxygen atoms in total. The number of carboxylic acid groups (broad SMARTS) is 1. The first-order valence-electron chi connectivity index (χ1n) is 20.4. The highest BCUT2D eigenvalue weighted by Crippen LogP contribution is 2.53. The summed E-state index contributed by atoms with van der Waals surface area (Å²) in [5.74, 6) is -4.75. The number of ether oxygens (including phenoxy) is 6. The molecule has 2 aliphatic rings. The molecule has 4 aromatic carbocycles. The van der Waals surface area contributed by atoms with Crippen molar-refractivity contribution in [3.05, 3.63) is 144 Å². The third-order valence-electron chi connectivity index (χ3n) is 10.9.